The second kappa shape index (κ2) is 5.21. The molecule has 0 atom stereocenters. The third kappa shape index (κ3) is 3.56. The van der Waals surface area contributed by atoms with Gasteiger partial charge in [-0.1, -0.05) is 32.4 Å². The molecule has 1 aromatic heterocycles. The van der Waals surface area contributed by atoms with Gasteiger partial charge in [0.2, 0.25) is 0 Å². The Kier molecular flexibility index (Phi) is 4.36. The number of hydrogen-bond acceptors (Lipinski definition) is 3. The van der Waals surface area contributed by atoms with Gasteiger partial charge in [0.25, 0.3) is 0 Å². The first kappa shape index (κ1) is 14.2. The minimum atomic E-state index is 0.0106. The van der Waals surface area contributed by atoms with Gasteiger partial charge in [0.1, 0.15) is 16.8 Å². The van der Waals surface area contributed by atoms with E-state index in [-0.39, 0.29) is 11.5 Å². The van der Waals surface area contributed by atoms with E-state index in [0.29, 0.717) is 5.15 Å². The predicted molar refractivity (Wildman–Crippen MR) is 73.9 cm³/mol. The zero-order valence-electron chi connectivity index (χ0n) is 11.6. The molecule has 17 heavy (non-hydrogen) atoms. The van der Waals surface area contributed by atoms with Crippen molar-refractivity contribution in [2.75, 3.05) is 5.32 Å². The molecule has 1 heterocycles. The first-order valence-corrected chi connectivity index (χ1v) is 6.47. The second-order valence-electron chi connectivity index (χ2n) is 5.36. The minimum absolute atomic E-state index is 0.0106. The number of hydrogen-bond donors (Lipinski definition) is 1. The summed E-state index contributed by atoms with van der Waals surface area (Å²) in [5.74, 6) is 1.91. The molecule has 0 spiro atoms. The molecule has 96 valence electrons. The molecule has 0 unspecified atom stereocenters. The van der Waals surface area contributed by atoms with Gasteiger partial charge in [-0.05, 0) is 27.2 Å². The fourth-order valence-electron chi connectivity index (χ4n) is 1.29. The SMILES string of the molecule is CCC(C)(C)Nc1nc(C(C)C)nc(Cl)c1C. The first-order valence-electron chi connectivity index (χ1n) is 6.09. The van der Waals surface area contributed by atoms with E-state index in [1.165, 1.54) is 0 Å². The van der Waals surface area contributed by atoms with Gasteiger partial charge in [0.05, 0.1) is 0 Å². The summed E-state index contributed by atoms with van der Waals surface area (Å²) in [6, 6.07) is 0. The molecule has 0 fully saturated rings. The van der Waals surface area contributed by atoms with E-state index in [4.69, 9.17) is 11.6 Å². The summed E-state index contributed by atoms with van der Waals surface area (Å²) in [6.45, 7) is 12.5. The van der Waals surface area contributed by atoms with Crippen molar-refractivity contribution in [3.63, 3.8) is 0 Å². The van der Waals surface area contributed by atoms with Gasteiger partial charge < -0.3 is 5.32 Å². The fraction of sp³-hybridized carbons (Fsp3) is 0.692. The van der Waals surface area contributed by atoms with E-state index in [2.05, 4.69) is 49.9 Å². The van der Waals surface area contributed by atoms with Crippen LogP contribution in [0, 0.1) is 6.92 Å². The average Bonchev–Trinajstić information content (AvgIpc) is 2.24. The van der Waals surface area contributed by atoms with Crippen molar-refractivity contribution in [3.05, 3.63) is 16.5 Å². The molecule has 0 saturated carbocycles. The van der Waals surface area contributed by atoms with Gasteiger partial charge in [0, 0.05) is 17.0 Å². The Morgan fingerprint density at radius 3 is 2.35 bits per heavy atom. The molecule has 0 aliphatic rings. The van der Waals surface area contributed by atoms with Crippen LogP contribution in [0.2, 0.25) is 5.15 Å². The van der Waals surface area contributed by atoms with Crippen LogP contribution in [0.4, 0.5) is 5.82 Å². The van der Waals surface area contributed by atoms with Crippen molar-refractivity contribution >= 4 is 17.4 Å². The lowest BCUT2D eigenvalue weighted by Gasteiger charge is -2.26. The van der Waals surface area contributed by atoms with Crippen LogP contribution in [0.25, 0.3) is 0 Å². The standard InChI is InChI=1S/C13H22ClN3/c1-7-13(5,6)17-12-9(4)10(14)15-11(16-12)8(2)3/h8H,7H2,1-6H3,(H,15,16,17). The maximum atomic E-state index is 6.14. The zero-order chi connectivity index (χ0) is 13.2. The number of rotatable bonds is 4. The van der Waals surface area contributed by atoms with Crippen molar-refractivity contribution < 1.29 is 0 Å². The van der Waals surface area contributed by atoms with Gasteiger partial charge >= 0.3 is 0 Å². The molecule has 0 aliphatic heterocycles. The highest BCUT2D eigenvalue weighted by molar-refractivity contribution is 6.30. The zero-order valence-corrected chi connectivity index (χ0v) is 12.3. The molecule has 0 aromatic carbocycles. The Balaban J connectivity index is 3.14. The number of nitrogens with zero attached hydrogens (tertiary/aromatic N) is 2. The normalized spacial score (nSPS) is 12.0. The van der Waals surface area contributed by atoms with Gasteiger partial charge in [0.15, 0.2) is 0 Å². The average molecular weight is 256 g/mol. The molecule has 4 heteroatoms. The monoisotopic (exact) mass is 255 g/mol. The molecule has 1 rings (SSSR count). The quantitative estimate of drug-likeness (QED) is 0.821. The Labute approximate surface area is 109 Å². The summed E-state index contributed by atoms with van der Waals surface area (Å²) in [5, 5.41) is 3.98. The molecular formula is C13H22ClN3. The molecule has 0 saturated heterocycles. The number of anilines is 1. The van der Waals surface area contributed by atoms with Crippen LogP contribution in [0.1, 0.15) is 58.3 Å². The summed E-state index contributed by atoms with van der Waals surface area (Å²) >= 11 is 6.14. The van der Waals surface area contributed by atoms with Crippen molar-refractivity contribution in [1.82, 2.24) is 9.97 Å². The molecule has 0 radical (unpaired) electrons. The van der Waals surface area contributed by atoms with E-state index in [0.717, 1.165) is 23.6 Å². The summed E-state index contributed by atoms with van der Waals surface area (Å²) in [7, 11) is 0. The van der Waals surface area contributed by atoms with Gasteiger partial charge in [-0.3, -0.25) is 0 Å². The largest absolute Gasteiger partial charge is 0.365 e. The highest BCUT2D eigenvalue weighted by Gasteiger charge is 2.19. The molecule has 0 amide bonds. The summed E-state index contributed by atoms with van der Waals surface area (Å²) in [5.41, 5.74) is 0.925. The van der Waals surface area contributed by atoms with Gasteiger partial charge in [-0.15, -0.1) is 0 Å². The third-order valence-electron chi connectivity index (χ3n) is 2.96. The molecule has 0 bridgehead atoms. The Morgan fingerprint density at radius 1 is 1.29 bits per heavy atom. The van der Waals surface area contributed by atoms with E-state index >= 15 is 0 Å². The predicted octanol–water partition coefficient (Wildman–Crippen LogP) is 4.16. The number of halogens is 1. The first-order chi connectivity index (χ1) is 7.76. The fourth-order valence-corrected chi connectivity index (χ4v) is 1.47. The smallest absolute Gasteiger partial charge is 0.137 e. The Morgan fingerprint density at radius 2 is 1.88 bits per heavy atom. The van der Waals surface area contributed by atoms with E-state index < -0.39 is 0 Å². The highest BCUT2D eigenvalue weighted by atomic mass is 35.5. The van der Waals surface area contributed by atoms with Crippen molar-refractivity contribution in [1.29, 1.82) is 0 Å². The molecule has 3 nitrogen and oxygen atoms in total. The maximum Gasteiger partial charge on any atom is 0.137 e. The van der Waals surface area contributed by atoms with Crippen molar-refractivity contribution in [2.45, 2.75) is 59.4 Å². The highest BCUT2D eigenvalue weighted by Crippen LogP contribution is 2.26. The Hall–Kier alpha value is -0.830. The summed E-state index contributed by atoms with van der Waals surface area (Å²) in [6.07, 6.45) is 1.02. The summed E-state index contributed by atoms with van der Waals surface area (Å²) < 4.78 is 0. The molecular weight excluding hydrogens is 234 g/mol. The van der Waals surface area contributed by atoms with Crippen molar-refractivity contribution in [3.8, 4) is 0 Å². The number of nitrogens with one attached hydrogen (secondary N) is 1. The van der Waals surface area contributed by atoms with Crippen LogP contribution in [0.3, 0.4) is 0 Å². The third-order valence-corrected chi connectivity index (χ3v) is 3.33. The lowest BCUT2D eigenvalue weighted by molar-refractivity contribution is 0.543. The minimum Gasteiger partial charge on any atom is -0.365 e. The lowest BCUT2D eigenvalue weighted by Crippen LogP contribution is -2.31. The molecule has 1 N–H and O–H groups in total. The van der Waals surface area contributed by atoms with Crippen LogP contribution in [0.15, 0.2) is 0 Å². The van der Waals surface area contributed by atoms with Crippen molar-refractivity contribution in [2.24, 2.45) is 0 Å². The van der Waals surface area contributed by atoms with Crippen LogP contribution >= 0.6 is 11.6 Å². The van der Waals surface area contributed by atoms with Gasteiger partial charge in [-0.2, -0.15) is 0 Å². The topological polar surface area (TPSA) is 37.8 Å². The molecule has 1 aromatic rings. The van der Waals surface area contributed by atoms with Crippen LogP contribution in [0.5, 0.6) is 0 Å². The maximum absolute atomic E-state index is 6.14. The lowest BCUT2D eigenvalue weighted by atomic mass is 10.0. The van der Waals surface area contributed by atoms with Crippen LogP contribution in [-0.2, 0) is 0 Å². The van der Waals surface area contributed by atoms with Gasteiger partial charge in [-0.25, -0.2) is 9.97 Å². The molecule has 0 aliphatic carbocycles. The number of aromatic nitrogens is 2. The van der Waals surface area contributed by atoms with E-state index in [1.54, 1.807) is 0 Å². The van der Waals surface area contributed by atoms with Crippen LogP contribution in [-0.4, -0.2) is 15.5 Å². The van der Waals surface area contributed by atoms with Crippen LogP contribution < -0.4 is 5.32 Å². The Bertz CT molecular complexity index is 400. The van der Waals surface area contributed by atoms with E-state index in [1.807, 2.05) is 6.92 Å². The second-order valence-corrected chi connectivity index (χ2v) is 5.72. The van der Waals surface area contributed by atoms with E-state index in [9.17, 15) is 0 Å². The summed E-state index contributed by atoms with van der Waals surface area (Å²) in [4.78, 5) is 8.86.